The lowest BCUT2D eigenvalue weighted by atomic mass is 10.1. The second kappa shape index (κ2) is 6.86. The van der Waals surface area contributed by atoms with Crippen molar-refractivity contribution in [3.8, 4) is 29.2 Å². The normalized spacial score (nSPS) is 10.0. The molecule has 0 radical (unpaired) electrons. The number of halogens is 1. The highest BCUT2D eigenvalue weighted by molar-refractivity contribution is 6.28. The van der Waals surface area contributed by atoms with Crippen LogP contribution in [0.1, 0.15) is 18.9 Å². The Morgan fingerprint density at radius 2 is 2.10 bits per heavy atom. The molecular weight excluding hydrogens is 292 g/mol. The van der Waals surface area contributed by atoms with E-state index in [-0.39, 0.29) is 11.3 Å². The molecule has 0 amide bonds. The van der Waals surface area contributed by atoms with E-state index in [1.807, 2.05) is 6.92 Å². The van der Waals surface area contributed by atoms with Gasteiger partial charge in [0.2, 0.25) is 5.28 Å². The molecule has 6 nitrogen and oxygen atoms in total. The van der Waals surface area contributed by atoms with Crippen LogP contribution in [0.25, 0.3) is 11.4 Å². The smallest absolute Gasteiger partial charge is 0.321 e. The van der Waals surface area contributed by atoms with E-state index in [0.717, 1.165) is 6.42 Å². The molecule has 0 saturated heterocycles. The van der Waals surface area contributed by atoms with E-state index >= 15 is 0 Å². The first kappa shape index (κ1) is 15.0. The Morgan fingerprint density at radius 1 is 1.29 bits per heavy atom. The Kier molecular flexibility index (Phi) is 4.90. The summed E-state index contributed by atoms with van der Waals surface area (Å²) in [6.45, 7) is 2.46. The predicted molar refractivity (Wildman–Crippen MR) is 77.3 cm³/mol. The van der Waals surface area contributed by atoms with E-state index in [1.165, 1.54) is 7.11 Å². The van der Waals surface area contributed by atoms with Crippen molar-refractivity contribution in [3.05, 3.63) is 29.0 Å². The minimum absolute atomic E-state index is 0.0236. The largest absolute Gasteiger partial charge is 0.496 e. The number of nitriles is 1. The third-order valence-corrected chi connectivity index (χ3v) is 2.76. The second-order valence-electron chi connectivity index (χ2n) is 4.09. The van der Waals surface area contributed by atoms with Crippen LogP contribution in [-0.2, 0) is 0 Å². The van der Waals surface area contributed by atoms with Crippen LogP contribution in [0.3, 0.4) is 0 Å². The molecule has 0 aliphatic heterocycles. The lowest BCUT2D eigenvalue weighted by molar-refractivity contribution is 0.291. The summed E-state index contributed by atoms with van der Waals surface area (Å²) in [6.07, 6.45) is 0.825. The van der Waals surface area contributed by atoms with E-state index in [4.69, 9.17) is 26.3 Å². The van der Waals surface area contributed by atoms with Crippen molar-refractivity contribution < 1.29 is 9.47 Å². The molecule has 1 aromatic carbocycles. The van der Waals surface area contributed by atoms with Crippen molar-refractivity contribution in [2.75, 3.05) is 13.7 Å². The molecule has 2 aromatic rings. The molecule has 1 aromatic heterocycles. The van der Waals surface area contributed by atoms with Crippen molar-refractivity contribution in [2.24, 2.45) is 0 Å². The molecule has 0 spiro atoms. The van der Waals surface area contributed by atoms with Gasteiger partial charge in [-0.1, -0.05) is 6.92 Å². The van der Waals surface area contributed by atoms with Crippen LogP contribution in [0.4, 0.5) is 0 Å². The van der Waals surface area contributed by atoms with Crippen molar-refractivity contribution in [2.45, 2.75) is 13.3 Å². The molecule has 0 unspecified atom stereocenters. The Labute approximate surface area is 127 Å². The summed E-state index contributed by atoms with van der Waals surface area (Å²) < 4.78 is 10.6. The summed E-state index contributed by atoms with van der Waals surface area (Å²) >= 11 is 5.90. The summed E-state index contributed by atoms with van der Waals surface area (Å²) in [7, 11) is 1.53. The van der Waals surface area contributed by atoms with E-state index in [0.29, 0.717) is 29.3 Å². The fraction of sp³-hybridized carbons (Fsp3) is 0.286. The van der Waals surface area contributed by atoms with Gasteiger partial charge in [-0.15, -0.1) is 0 Å². The third kappa shape index (κ3) is 3.58. The van der Waals surface area contributed by atoms with Gasteiger partial charge in [0.1, 0.15) is 5.75 Å². The molecule has 0 saturated carbocycles. The predicted octanol–water partition coefficient (Wildman–Crippen LogP) is 2.86. The molecule has 1 heterocycles. The highest BCUT2D eigenvalue weighted by Gasteiger charge is 2.13. The first-order valence-electron chi connectivity index (χ1n) is 6.30. The lowest BCUT2D eigenvalue weighted by Crippen LogP contribution is -2.03. The third-order valence-electron chi connectivity index (χ3n) is 2.59. The molecule has 108 valence electrons. The standard InChI is InChI=1S/C14H13ClN4O2/c1-3-6-21-14-18-12(17-13(15)19-14)10-7-9(8-16)4-5-11(10)20-2/h4-5,7H,3,6H2,1-2H3. The van der Waals surface area contributed by atoms with Gasteiger partial charge in [0.15, 0.2) is 5.82 Å². The zero-order chi connectivity index (χ0) is 15.2. The number of benzene rings is 1. The molecule has 0 fully saturated rings. The molecular formula is C14H13ClN4O2. The summed E-state index contributed by atoms with van der Waals surface area (Å²) in [5.41, 5.74) is 1.03. The topological polar surface area (TPSA) is 80.9 Å². The van der Waals surface area contributed by atoms with Gasteiger partial charge in [0.05, 0.1) is 30.9 Å². The number of hydrogen-bond donors (Lipinski definition) is 0. The van der Waals surface area contributed by atoms with Crippen LogP contribution in [-0.4, -0.2) is 28.7 Å². The molecule has 21 heavy (non-hydrogen) atoms. The molecule has 0 aliphatic rings. The van der Waals surface area contributed by atoms with Crippen LogP contribution in [0.2, 0.25) is 5.28 Å². The highest BCUT2D eigenvalue weighted by atomic mass is 35.5. The minimum atomic E-state index is 0.0236. The second-order valence-corrected chi connectivity index (χ2v) is 4.42. The Bertz CT molecular complexity index is 685. The number of nitrogens with zero attached hydrogens (tertiary/aromatic N) is 4. The van der Waals surface area contributed by atoms with Crippen molar-refractivity contribution in [1.29, 1.82) is 5.26 Å². The fourth-order valence-corrected chi connectivity index (χ4v) is 1.81. The van der Waals surface area contributed by atoms with Crippen molar-refractivity contribution >= 4 is 11.6 Å². The maximum absolute atomic E-state index is 9.00. The van der Waals surface area contributed by atoms with Crippen LogP contribution < -0.4 is 9.47 Å². The SMILES string of the molecule is CCCOc1nc(Cl)nc(-c2cc(C#N)ccc2OC)n1. The lowest BCUT2D eigenvalue weighted by Gasteiger charge is -2.09. The van der Waals surface area contributed by atoms with Crippen molar-refractivity contribution in [1.82, 2.24) is 15.0 Å². The number of aromatic nitrogens is 3. The molecule has 0 aliphatic carbocycles. The maximum Gasteiger partial charge on any atom is 0.321 e. The average molecular weight is 305 g/mol. The molecule has 7 heteroatoms. The quantitative estimate of drug-likeness (QED) is 0.845. The van der Waals surface area contributed by atoms with Gasteiger partial charge < -0.3 is 9.47 Å². The first-order chi connectivity index (χ1) is 10.2. The monoisotopic (exact) mass is 304 g/mol. The summed E-state index contributed by atoms with van der Waals surface area (Å²) in [6, 6.07) is 7.17. The van der Waals surface area contributed by atoms with Crippen molar-refractivity contribution in [3.63, 3.8) is 0 Å². The number of methoxy groups -OCH3 is 1. The zero-order valence-electron chi connectivity index (χ0n) is 11.6. The van der Waals surface area contributed by atoms with Crippen LogP contribution in [0, 0.1) is 11.3 Å². The maximum atomic E-state index is 9.00. The number of ether oxygens (including phenoxy) is 2. The molecule has 0 N–H and O–H groups in total. The van der Waals surface area contributed by atoms with Gasteiger partial charge in [-0.05, 0) is 36.2 Å². The van der Waals surface area contributed by atoms with E-state index in [2.05, 4.69) is 21.0 Å². The Morgan fingerprint density at radius 3 is 2.76 bits per heavy atom. The van der Waals surface area contributed by atoms with Gasteiger partial charge in [0.25, 0.3) is 0 Å². The summed E-state index contributed by atoms with van der Waals surface area (Å²) in [4.78, 5) is 12.2. The Balaban J connectivity index is 2.50. The molecule has 0 atom stereocenters. The van der Waals surface area contributed by atoms with Gasteiger partial charge in [0, 0.05) is 0 Å². The van der Waals surface area contributed by atoms with Gasteiger partial charge in [-0.25, -0.2) is 0 Å². The molecule has 0 bridgehead atoms. The Hall–Kier alpha value is -2.39. The zero-order valence-corrected chi connectivity index (χ0v) is 12.4. The minimum Gasteiger partial charge on any atom is -0.496 e. The van der Waals surface area contributed by atoms with E-state index in [9.17, 15) is 0 Å². The number of rotatable bonds is 5. The van der Waals surface area contributed by atoms with Gasteiger partial charge in [-0.2, -0.15) is 20.2 Å². The van der Waals surface area contributed by atoms with Crippen LogP contribution >= 0.6 is 11.6 Å². The fourth-order valence-electron chi connectivity index (χ4n) is 1.66. The summed E-state index contributed by atoms with van der Waals surface area (Å²) in [5.74, 6) is 0.841. The van der Waals surface area contributed by atoms with Gasteiger partial charge in [-0.3, -0.25) is 0 Å². The van der Waals surface area contributed by atoms with E-state index in [1.54, 1.807) is 18.2 Å². The first-order valence-corrected chi connectivity index (χ1v) is 6.68. The molecule has 2 rings (SSSR count). The average Bonchev–Trinajstić information content (AvgIpc) is 2.51. The van der Waals surface area contributed by atoms with E-state index < -0.39 is 0 Å². The van der Waals surface area contributed by atoms with Gasteiger partial charge >= 0.3 is 6.01 Å². The van der Waals surface area contributed by atoms with Crippen LogP contribution in [0.5, 0.6) is 11.8 Å². The number of hydrogen-bond acceptors (Lipinski definition) is 6. The highest BCUT2D eigenvalue weighted by Crippen LogP contribution is 2.29. The summed E-state index contributed by atoms with van der Waals surface area (Å²) in [5, 5.41) is 9.03. The van der Waals surface area contributed by atoms with Crippen LogP contribution in [0.15, 0.2) is 18.2 Å².